The maximum atomic E-state index is 10.4. The molecule has 1 saturated heterocycles. The maximum absolute atomic E-state index is 10.4. The van der Waals surface area contributed by atoms with Crippen molar-refractivity contribution in [3.05, 3.63) is 23.8 Å². The molecule has 1 aliphatic heterocycles. The Balaban J connectivity index is 1.81. The summed E-state index contributed by atoms with van der Waals surface area (Å²) in [6, 6.07) is 4.85. The summed E-state index contributed by atoms with van der Waals surface area (Å²) < 4.78 is 5.58. The minimum Gasteiger partial charge on any atom is -0.508 e. The minimum absolute atomic E-state index is 0.0640. The van der Waals surface area contributed by atoms with E-state index in [-0.39, 0.29) is 17.4 Å². The molecular formula is C26H44O7. The molecule has 1 unspecified atom stereocenters. The van der Waals surface area contributed by atoms with Crippen LogP contribution in [-0.2, 0) is 4.74 Å². The predicted molar refractivity (Wildman–Crippen MR) is 127 cm³/mol. The van der Waals surface area contributed by atoms with Gasteiger partial charge in [0.2, 0.25) is 0 Å². The van der Waals surface area contributed by atoms with Crippen LogP contribution in [0.1, 0.15) is 95.5 Å². The number of hydrogen-bond donors (Lipinski definition) is 6. The van der Waals surface area contributed by atoms with Crippen molar-refractivity contribution in [1.82, 2.24) is 0 Å². The summed E-state index contributed by atoms with van der Waals surface area (Å²) in [7, 11) is 0. The molecule has 0 aliphatic carbocycles. The van der Waals surface area contributed by atoms with Gasteiger partial charge in [-0.3, -0.25) is 0 Å². The van der Waals surface area contributed by atoms with Gasteiger partial charge < -0.3 is 35.4 Å². The Morgan fingerprint density at radius 3 is 2.03 bits per heavy atom. The number of aliphatic hydroxyl groups excluding tert-OH is 4. The van der Waals surface area contributed by atoms with Gasteiger partial charge in [-0.2, -0.15) is 0 Å². The van der Waals surface area contributed by atoms with Crippen molar-refractivity contribution in [2.45, 2.75) is 120 Å². The van der Waals surface area contributed by atoms with E-state index < -0.39 is 37.1 Å². The zero-order valence-electron chi connectivity index (χ0n) is 20.0. The average molecular weight is 469 g/mol. The minimum atomic E-state index is -1.32. The van der Waals surface area contributed by atoms with Gasteiger partial charge in [-0.25, -0.2) is 0 Å². The van der Waals surface area contributed by atoms with E-state index >= 15 is 0 Å². The highest BCUT2D eigenvalue weighted by Gasteiger charge is 2.42. The van der Waals surface area contributed by atoms with E-state index in [1.807, 2.05) is 6.07 Å². The summed E-state index contributed by atoms with van der Waals surface area (Å²) in [5.41, 5.74) is 0.885. The summed E-state index contributed by atoms with van der Waals surface area (Å²) in [6.07, 6.45) is 7.12. The highest BCUT2D eigenvalue weighted by atomic mass is 16.5. The molecule has 33 heavy (non-hydrogen) atoms. The lowest BCUT2D eigenvalue weighted by Crippen LogP contribution is -2.58. The number of aromatic hydroxyl groups is 2. The van der Waals surface area contributed by atoms with Gasteiger partial charge in [0.25, 0.3) is 0 Å². The van der Waals surface area contributed by atoms with E-state index in [9.17, 15) is 30.6 Å². The van der Waals surface area contributed by atoms with Crippen molar-refractivity contribution in [1.29, 1.82) is 0 Å². The quantitative estimate of drug-likeness (QED) is 0.216. The van der Waals surface area contributed by atoms with Crippen LogP contribution in [0.25, 0.3) is 0 Å². The van der Waals surface area contributed by atoms with Gasteiger partial charge in [-0.1, -0.05) is 70.8 Å². The number of phenols is 2. The van der Waals surface area contributed by atoms with Gasteiger partial charge in [0.1, 0.15) is 35.9 Å². The second kappa shape index (κ2) is 14.8. The molecule has 0 amide bonds. The molecule has 1 heterocycles. The van der Waals surface area contributed by atoms with Crippen molar-refractivity contribution < 1.29 is 35.4 Å². The van der Waals surface area contributed by atoms with Gasteiger partial charge in [-0.15, -0.1) is 0 Å². The van der Waals surface area contributed by atoms with Gasteiger partial charge >= 0.3 is 0 Å². The number of unbranched alkanes of at least 4 members (excludes halogenated alkanes) is 7. The first kappa shape index (κ1) is 27.9. The molecule has 1 aromatic rings. The Kier molecular flexibility index (Phi) is 12.5. The van der Waals surface area contributed by atoms with Crippen molar-refractivity contribution in [3.8, 4) is 11.5 Å². The van der Waals surface area contributed by atoms with Gasteiger partial charge in [0, 0.05) is 6.07 Å². The number of aliphatic hydroxyl groups is 4. The fourth-order valence-electron chi connectivity index (χ4n) is 4.83. The molecular weight excluding hydrogens is 424 g/mol. The fourth-order valence-corrected chi connectivity index (χ4v) is 4.83. The van der Waals surface area contributed by atoms with Gasteiger partial charge in [0.15, 0.2) is 0 Å². The molecule has 7 nitrogen and oxygen atoms in total. The van der Waals surface area contributed by atoms with E-state index in [4.69, 9.17) is 4.74 Å². The summed E-state index contributed by atoms with van der Waals surface area (Å²) >= 11 is 0. The number of ether oxygens (including phenoxy) is 1. The van der Waals surface area contributed by atoms with Gasteiger partial charge in [-0.05, 0) is 36.8 Å². The zero-order valence-corrected chi connectivity index (χ0v) is 20.0. The van der Waals surface area contributed by atoms with E-state index in [1.54, 1.807) is 6.07 Å². The third kappa shape index (κ3) is 8.72. The molecule has 1 aromatic carbocycles. The van der Waals surface area contributed by atoms with E-state index in [1.165, 1.54) is 38.2 Å². The monoisotopic (exact) mass is 468 g/mol. The molecule has 1 fully saturated rings. The van der Waals surface area contributed by atoms with E-state index in [2.05, 4.69) is 6.92 Å². The Morgan fingerprint density at radius 2 is 1.39 bits per heavy atom. The number of hydrogen-bond acceptors (Lipinski definition) is 7. The molecule has 2 rings (SSSR count). The lowest BCUT2D eigenvalue weighted by molar-refractivity contribution is -0.230. The average Bonchev–Trinajstić information content (AvgIpc) is 2.80. The summed E-state index contributed by atoms with van der Waals surface area (Å²) in [6.45, 7) is 1.80. The molecule has 0 aromatic heterocycles. The second-order valence-corrected chi connectivity index (χ2v) is 9.50. The van der Waals surface area contributed by atoms with E-state index in [0.717, 1.165) is 44.1 Å². The SMILES string of the molecule is CCCCCCCCC(CCCCC[C@@H]1O[C@H](CO)[C@@H](O)[C@H](O)[C@H]1O)c1ccc(O)cc1O. The number of rotatable bonds is 15. The first-order chi connectivity index (χ1) is 15.9. The molecule has 7 heteroatoms. The number of benzene rings is 1. The van der Waals surface area contributed by atoms with Crippen LogP contribution < -0.4 is 0 Å². The molecule has 0 radical (unpaired) electrons. The van der Waals surface area contributed by atoms with Crippen LogP contribution in [0.2, 0.25) is 0 Å². The van der Waals surface area contributed by atoms with Crippen molar-refractivity contribution >= 4 is 0 Å². The summed E-state index contributed by atoms with van der Waals surface area (Å²) in [5, 5.41) is 59.3. The molecule has 0 saturated carbocycles. The summed E-state index contributed by atoms with van der Waals surface area (Å²) in [5.74, 6) is 0.436. The van der Waals surface area contributed by atoms with Crippen molar-refractivity contribution in [2.75, 3.05) is 6.61 Å². The van der Waals surface area contributed by atoms with Crippen LogP contribution in [0.5, 0.6) is 11.5 Å². The van der Waals surface area contributed by atoms with Crippen LogP contribution in [0, 0.1) is 0 Å². The lowest BCUT2D eigenvalue weighted by atomic mass is 9.87. The van der Waals surface area contributed by atoms with Crippen molar-refractivity contribution in [2.24, 2.45) is 0 Å². The van der Waals surface area contributed by atoms with Gasteiger partial charge in [0.05, 0.1) is 12.7 Å². The Labute approximate surface area is 198 Å². The van der Waals surface area contributed by atoms with Crippen LogP contribution in [0.4, 0.5) is 0 Å². The second-order valence-electron chi connectivity index (χ2n) is 9.50. The normalized spacial score (nSPS) is 26.4. The fraction of sp³-hybridized carbons (Fsp3) is 0.769. The lowest BCUT2D eigenvalue weighted by Gasteiger charge is -2.40. The first-order valence-corrected chi connectivity index (χ1v) is 12.7. The largest absolute Gasteiger partial charge is 0.508 e. The maximum Gasteiger partial charge on any atom is 0.122 e. The smallest absolute Gasteiger partial charge is 0.122 e. The van der Waals surface area contributed by atoms with Crippen LogP contribution in [-0.4, -0.2) is 67.8 Å². The predicted octanol–water partition coefficient (Wildman–Crippen LogP) is 3.72. The van der Waals surface area contributed by atoms with E-state index in [0.29, 0.717) is 6.42 Å². The summed E-state index contributed by atoms with van der Waals surface area (Å²) in [4.78, 5) is 0. The molecule has 6 atom stereocenters. The zero-order chi connectivity index (χ0) is 24.2. The highest BCUT2D eigenvalue weighted by Crippen LogP contribution is 2.36. The Morgan fingerprint density at radius 1 is 0.788 bits per heavy atom. The Hall–Kier alpha value is -1.38. The van der Waals surface area contributed by atoms with Crippen LogP contribution in [0.15, 0.2) is 18.2 Å². The standard InChI is InChI=1S/C26H44O7/c1-2-3-4-5-6-8-11-18(20-15-14-19(28)16-21(20)29)12-9-7-10-13-22-24(30)26(32)25(31)23(17-27)33-22/h14-16,18,22-32H,2-13,17H2,1H3/t18?,22-,23+,24-,25+,26+/m0/s1. The molecule has 190 valence electrons. The third-order valence-corrected chi connectivity index (χ3v) is 6.89. The third-order valence-electron chi connectivity index (χ3n) is 6.89. The molecule has 0 spiro atoms. The van der Waals surface area contributed by atoms with Crippen LogP contribution >= 0.6 is 0 Å². The van der Waals surface area contributed by atoms with Crippen molar-refractivity contribution in [3.63, 3.8) is 0 Å². The molecule has 6 N–H and O–H groups in total. The Bertz CT molecular complexity index is 666. The molecule has 1 aliphatic rings. The first-order valence-electron chi connectivity index (χ1n) is 12.7. The number of phenolic OH excluding ortho intramolecular Hbond substituents is 2. The molecule has 0 bridgehead atoms. The highest BCUT2D eigenvalue weighted by molar-refractivity contribution is 5.41. The van der Waals surface area contributed by atoms with Crippen LogP contribution in [0.3, 0.4) is 0 Å². The topological polar surface area (TPSA) is 131 Å².